The third kappa shape index (κ3) is 17.5. The summed E-state index contributed by atoms with van der Waals surface area (Å²) >= 11 is 0. The number of rotatable bonds is 19. The highest BCUT2D eigenvalue weighted by Crippen LogP contribution is 2.14. The Morgan fingerprint density at radius 1 is 0.846 bits per heavy atom. The second kappa shape index (κ2) is 20.0. The molecule has 0 aliphatic rings. The van der Waals surface area contributed by atoms with Crippen LogP contribution in [0.5, 0.6) is 0 Å². The zero-order chi connectivity index (χ0) is 19.3. The summed E-state index contributed by atoms with van der Waals surface area (Å²) in [6, 6.07) is 0. The van der Waals surface area contributed by atoms with Crippen molar-refractivity contribution >= 4 is 5.78 Å². The van der Waals surface area contributed by atoms with Crippen molar-refractivity contribution in [1.82, 2.24) is 0 Å². The lowest BCUT2D eigenvalue weighted by Gasteiger charge is -2.03. The summed E-state index contributed by atoms with van der Waals surface area (Å²) in [6.07, 6.45) is 22.6. The smallest absolute Gasteiger partial charge is 0.155 e. The molecule has 0 saturated carbocycles. The van der Waals surface area contributed by atoms with Crippen molar-refractivity contribution in [1.29, 1.82) is 0 Å². The van der Waals surface area contributed by atoms with E-state index in [2.05, 4.69) is 16.9 Å². The molecule has 150 valence electrons. The number of carbonyl (C=O) groups is 1. The van der Waals surface area contributed by atoms with Crippen LogP contribution in [0.25, 0.3) is 10.4 Å². The first-order valence-corrected chi connectivity index (χ1v) is 10.9. The fourth-order valence-corrected chi connectivity index (χ4v) is 3.25. The molecular weight excluding hydrogens is 322 g/mol. The molecule has 0 unspecified atom stereocenters. The number of nitrogens with zero attached hydrogens (tertiary/aromatic N) is 3. The van der Waals surface area contributed by atoms with Gasteiger partial charge in [0.15, 0.2) is 5.78 Å². The van der Waals surface area contributed by atoms with Crippen LogP contribution in [-0.2, 0) is 4.79 Å². The fraction of sp³-hybridized carbons (Fsp3) is 0.864. The topological polar surface area (TPSA) is 65.8 Å². The lowest BCUT2D eigenvalue weighted by molar-refractivity contribution is -0.113. The Kier molecular flexibility index (Phi) is 19.1. The van der Waals surface area contributed by atoms with Crippen molar-refractivity contribution in [3.8, 4) is 0 Å². The zero-order valence-corrected chi connectivity index (χ0v) is 17.3. The highest BCUT2D eigenvalue weighted by atomic mass is 16.1. The number of hydrogen-bond donors (Lipinski definition) is 0. The van der Waals surface area contributed by atoms with Gasteiger partial charge in [0, 0.05) is 11.5 Å². The van der Waals surface area contributed by atoms with E-state index in [1.165, 1.54) is 83.5 Å². The molecular formula is C22H41N3O. The highest BCUT2D eigenvalue weighted by molar-refractivity contribution is 5.93. The van der Waals surface area contributed by atoms with Crippen LogP contribution in [0.3, 0.4) is 0 Å². The van der Waals surface area contributed by atoms with Gasteiger partial charge in [-0.25, -0.2) is 0 Å². The molecule has 0 amide bonds. The van der Waals surface area contributed by atoms with Crippen LogP contribution in [0.2, 0.25) is 0 Å². The Hall–Kier alpha value is -1.28. The molecule has 0 fully saturated rings. The van der Waals surface area contributed by atoms with Gasteiger partial charge in [0.25, 0.3) is 0 Å². The fourth-order valence-electron chi connectivity index (χ4n) is 3.25. The average Bonchev–Trinajstić information content (AvgIpc) is 2.63. The Morgan fingerprint density at radius 2 is 1.31 bits per heavy atom. The number of unbranched alkanes of at least 4 members (excludes halogenated alkanes) is 14. The average molecular weight is 364 g/mol. The van der Waals surface area contributed by atoms with Gasteiger partial charge in [0.05, 0.1) is 0 Å². The first-order valence-electron chi connectivity index (χ1n) is 10.9. The molecule has 0 spiro atoms. The van der Waals surface area contributed by atoms with Gasteiger partial charge in [-0.1, -0.05) is 102 Å². The molecule has 0 N–H and O–H groups in total. The van der Waals surface area contributed by atoms with Gasteiger partial charge >= 0.3 is 0 Å². The van der Waals surface area contributed by atoms with E-state index in [0.29, 0.717) is 13.0 Å². The molecule has 0 aliphatic heterocycles. The standard InChI is InChI=1S/C22H41N3O/c1-3-4-5-6-7-8-9-10-11-12-13-14-15-16-17-18-22(21(2)26)19-20-24-25-23/h18H,3-17,19-20H2,1-2H3. The second-order valence-corrected chi connectivity index (χ2v) is 7.37. The van der Waals surface area contributed by atoms with E-state index in [9.17, 15) is 4.79 Å². The van der Waals surface area contributed by atoms with Gasteiger partial charge in [-0.2, -0.15) is 0 Å². The van der Waals surface area contributed by atoms with Gasteiger partial charge in [0.1, 0.15) is 0 Å². The van der Waals surface area contributed by atoms with E-state index in [1.54, 1.807) is 6.92 Å². The summed E-state index contributed by atoms with van der Waals surface area (Å²) in [4.78, 5) is 14.2. The largest absolute Gasteiger partial charge is 0.295 e. The molecule has 0 saturated heterocycles. The maximum atomic E-state index is 11.5. The molecule has 0 rings (SSSR count). The molecule has 0 aromatic rings. The minimum absolute atomic E-state index is 0.100. The number of azide groups is 1. The summed E-state index contributed by atoms with van der Waals surface area (Å²) in [5.41, 5.74) is 9.10. The van der Waals surface area contributed by atoms with Crippen molar-refractivity contribution in [3.05, 3.63) is 22.1 Å². The predicted octanol–water partition coefficient (Wildman–Crippen LogP) is 8.07. The summed E-state index contributed by atoms with van der Waals surface area (Å²) in [5, 5.41) is 3.50. The summed E-state index contributed by atoms with van der Waals surface area (Å²) in [5.74, 6) is 0.100. The molecule has 0 heterocycles. The highest BCUT2D eigenvalue weighted by Gasteiger charge is 2.02. The normalized spacial score (nSPS) is 11.4. The molecule has 4 heteroatoms. The number of Topliss-reactive ketones (excluding diaryl/α,β-unsaturated/α-hetero) is 1. The predicted molar refractivity (Wildman–Crippen MR) is 112 cm³/mol. The van der Waals surface area contributed by atoms with Crippen molar-refractivity contribution in [2.24, 2.45) is 5.11 Å². The van der Waals surface area contributed by atoms with Crippen LogP contribution in [0.15, 0.2) is 16.8 Å². The van der Waals surface area contributed by atoms with Gasteiger partial charge in [-0.3, -0.25) is 4.79 Å². The van der Waals surface area contributed by atoms with Crippen LogP contribution >= 0.6 is 0 Å². The van der Waals surface area contributed by atoms with Crippen molar-refractivity contribution in [2.75, 3.05) is 6.54 Å². The van der Waals surface area contributed by atoms with E-state index in [1.807, 2.05) is 6.08 Å². The number of hydrogen-bond acceptors (Lipinski definition) is 2. The Balaban J connectivity index is 3.42. The van der Waals surface area contributed by atoms with Gasteiger partial charge in [0.2, 0.25) is 0 Å². The third-order valence-corrected chi connectivity index (χ3v) is 4.95. The van der Waals surface area contributed by atoms with Crippen LogP contribution in [0, 0.1) is 0 Å². The molecule has 0 radical (unpaired) electrons. The van der Waals surface area contributed by atoms with E-state index >= 15 is 0 Å². The van der Waals surface area contributed by atoms with Crippen LogP contribution in [0.4, 0.5) is 0 Å². The molecule has 26 heavy (non-hydrogen) atoms. The minimum Gasteiger partial charge on any atom is -0.295 e. The van der Waals surface area contributed by atoms with E-state index in [-0.39, 0.29) is 5.78 Å². The third-order valence-electron chi connectivity index (χ3n) is 4.95. The quantitative estimate of drug-likeness (QED) is 0.0751. The first-order chi connectivity index (χ1) is 12.7. The van der Waals surface area contributed by atoms with Crippen molar-refractivity contribution in [3.63, 3.8) is 0 Å². The van der Waals surface area contributed by atoms with Gasteiger partial charge < -0.3 is 0 Å². The van der Waals surface area contributed by atoms with Crippen molar-refractivity contribution < 1.29 is 4.79 Å². The first kappa shape index (κ1) is 24.7. The molecule has 4 nitrogen and oxygen atoms in total. The lowest BCUT2D eigenvalue weighted by atomic mass is 10.0. The van der Waals surface area contributed by atoms with E-state index in [4.69, 9.17) is 5.53 Å². The summed E-state index contributed by atoms with van der Waals surface area (Å²) < 4.78 is 0. The van der Waals surface area contributed by atoms with Gasteiger partial charge in [-0.05, 0) is 37.3 Å². The Labute approximate surface area is 161 Å². The summed E-state index contributed by atoms with van der Waals surface area (Å²) in [7, 11) is 0. The molecule has 0 aliphatic carbocycles. The Bertz CT molecular complexity index is 412. The van der Waals surface area contributed by atoms with Crippen LogP contribution < -0.4 is 0 Å². The van der Waals surface area contributed by atoms with Crippen LogP contribution in [0.1, 0.15) is 117 Å². The second-order valence-electron chi connectivity index (χ2n) is 7.37. The molecule has 0 aromatic heterocycles. The number of allylic oxidation sites excluding steroid dienone is 1. The Morgan fingerprint density at radius 3 is 1.73 bits per heavy atom. The molecule has 0 atom stereocenters. The van der Waals surface area contributed by atoms with E-state index < -0.39 is 0 Å². The van der Waals surface area contributed by atoms with Gasteiger partial charge in [-0.15, -0.1) is 0 Å². The monoisotopic (exact) mass is 363 g/mol. The lowest BCUT2D eigenvalue weighted by Crippen LogP contribution is -1.98. The SMILES string of the molecule is CCCCCCCCCCCCCCCCC=C(CCN=[N+]=[N-])C(C)=O. The maximum absolute atomic E-state index is 11.5. The molecule has 0 aromatic carbocycles. The summed E-state index contributed by atoms with van der Waals surface area (Å²) in [6.45, 7) is 4.24. The molecule has 0 bridgehead atoms. The minimum atomic E-state index is 0.100. The zero-order valence-electron chi connectivity index (χ0n) is 17.3. The van der Waals surface area contributed by atoms with Crippen LogP contribution in [-0.4, -0.2) is 12.3 Å². The number of carbonyl (C=O) groups excluding carboxylic acids is 1. The number of ketones is 1. The van der Waals surface area contributed by atoms with Crippen molar-refractivity contribution in [2.45, 2.75) is 117 Å². The van der Waals surface area contributed by atoms with E-state index in [0.717, 1.165) is 18.4 Å². The maximum Gasteiger partial charge on any atom is 0.155 e.